The third-order valence-corrected chi connectivity index (χ3v) is 10.5. The van der Waals surface area contributed by atoms with Gasteiger partial charge in [-0.3, -0.25) is 40.5 Å². The summed E-state index contributed by atoms with van der Waals surface area (Å²) in [6.07, 6.45) is -7.74. The highest BCUT2D eigenvalue weighted by Gasteiger charge is 2.65. The SMILES string of the molecule is O=C(OC1C(OC(=O)c2ccc([N+](=O)[O-])cc2)[C@H](OC(=O)c2ccc([N+](=O)[O-])cc2)C2OC3(CCCCC3)OC2[C@@H]1OC(=O)c1ccc([N+](=O)[O-])cc1)c1ccc([N+](=O)[O-])cc1. The van der Waals surface area contributed by atoms with Gasteiger partial charge in [0, 0.05) is 61.4 Å². The van der Waals surface area contributed by atoms with Gasteiger partial charge in [-0.2, -0.15) is 0 Å². The Bertz CT molecular complexity index is 2260. The van der Waals surface area contributed by atoms with E-state index in [1.54, 1.807) is 0 Å². The number of non-ortho nitro benzene ring substituents is 4. The average molecular weight is 857 g/mol. The van der Waals surface area contributed by atoms with Gasteiger partial charge in [0.05, 0.1) is 41.9 Å². The lowest BCUT2D eigenvalue weighted by Gasteiger charge is -2.44. The fourth-order valence-electron chi connectivity index (χ4n) is 7.42. The molecule has 1 heterocycles. The molecule has 22 heteroatoms. The molecule has 1 aliphatic heterocycles. The number of nitro benzene ring substituents is 4. The largest absolute Gasteiger partial charge is 0.452 e. The van der Waals surface area contributed by atoms with Crippen LogP contribution in [0.25, 0.3) is 0 Å². The van der Waals surface area contributed by atoms with Crippen LogP contribution in [0.2, 0.25) is 0 Å². The van der Waals surface area contributed by atoms with Gasteiger partial charge in [-0.05, 0) is 61.4 Å². The lowest BCUT2D eigenvalue weighted by Crippen LogP contribution is -2.66. The lowest BCUT2D eigenvalue weighted by atomic mass is 9.84. The van der Waals surface area contributed by atoms with Crippen LogP contribution in [-0.4, -0.2) is 86.0 Å². The first kappa shape index (κ1) is 42.4. The molecule has 2 aliphatic carbocycles. The summed E-state index contributed by atoms with van der Waals surface area (Å²) in [5.41, 5.74) is -2.38. The molecule has 3 fully saturated rings. The number of hydrogen-bond donors (Lipinski definition) is 0. The Morgan fingerprint density at radius 3 is 0.903 bits per heavy atom. The van der Waals surface area contributed by atoms with Crippen LogP contribution < -0.4 is 0 Å². The maximum atomic E-state index is 14.0. The van der Waals surface area contributed by atoms with E-state index < -0.39 is 86.0 Å². The fraction of sp³-hybridized carbons (Fsp3) is 0.300. The molecular weight excluding hydrogens is 824 g/mol. The van der Waals surface area contributed by atoms with Crippen molar-refractivity contribution in [1.82, 2.24) is 0 Å². The molecular formula is C40H32N4O18. The number of nitrogens with zero attached hydrogens (tertiary/aromatic N) is 4. The first-order valence-electron chi connectivity index (χ1n) is 18.8. The molecule has 1 spiro atoms. The Hall–Kier alpha value is -7.72. The van der Waals surface area contributed by atoms with E-state index in [2.05, 4.69) is 0 Å². The van der Waals surface area contributed by atoms with Crippen molar-refractivity contribution in [3.8, 4) is 0 Å². The quantitative estimate of drug-likeness (QED) is 0.0684. The summed E-state index contributed by atoms with van der Waals surface area (Å²) in [4.78, 5) is 98.4. The van der Waals surface area contributed by atoms with Crippen molar-refractivity contribution in [3.05, 3.63) is 160 Å². The fourth-order valence-corrected chi connectivity index (χ4v) is 7.42. The van der Waals surface area contributed by atoms with Gasteiger partial charge >= 0.3 is 23.9 Å². The predicted octanol–water partition coefficient (Wildman–Crippen LogP) is 5.98. The zero-order valence-electron chi connectivity index (χ0n) is 31.9. The molecule has 0 aromatic heterocycles. The van der Waals surface area contributed by atoms with Crippen molar-refractivity contribution >= 4 is 46.6 Å². The summed E-state index contributed by atoms with van der Waals surface area (Å²) in [7, 11) is 0. The van der Waals surface area contributed by atoms with Crippen molar-refractivity contribution in [2.75, 3.05) is 0 Å². The topological polar surface area (TPSA) is 296 Å². The van der Waals surface area contributed by atoms with Crippen LogP contribution in [-0.2, 0) is 28.4 Å². The monoisotopic (exact) mass is 856 g/mol. The highest BCUT2D eigenvalue weighted by Crippen LogP contribution is 2.48. The Kier molecular flexibility index (Phi) is 12.0. The second kappa shape index (κ2) is 17.5. The van der Waals surface area contributed by atoms with Gasteiger partial charge in [-0.25, -0.2) is 19.2 Å². The van der Waals surface area contributed by atoms with Crippen LogP contribution in [0.3, 0.4) is 0 Å². The number of ether oxygens (including phenoxy) is 6. The normalized spacial score (nSPS) is 22.3. The van der Waals surface area contributed by atoms with Crippen molar-refractivity contribution in [1.29, 1.82) is 0 Å². The average Bonchev–Trinajstić information content (AvgIpc) is 3.63. The number of esters is 4. The summed E-state index contributed by atoms with van der Waals surface area (Å²) in [6.45, 7) is 0. The number of nitro groups is 4. The number of rotatable bonds is 12. The molecule has 22 nitrogen and oxygen atoms in total. The highest BCUT2D eigenvalue weighted by molar-refractivity contribution is 5.92. The van der Waals surface area contributed by atoms with Crippen LogP contribution in [0.15, 0.2) is 97.1 Å². The zero-order valence-corrected chi connectivity index (χ0v) is 31.9. The molecule has 0 N–H and O–H groups in total. The minimum absolute atomic E-state index is 0.204. The number of fused-ring (bicyclic) bond motifs is 1. The summed E-state index contributed by atoms with van der Waals surface area (Å²) in [6, 6.07) is 16.9. The Labute approximate surface area is 347 Å². The molecule has 4 aromatic carbocycles. The van der Waals surface area contributed by atoms with E-state index in [0.29, 0.717) is 25.7 Å². The van der Waals surface area contributed by atoms with Crippen LogP contribution >= 0.6 is 0 Å². The van der Waals surface area contributed by atoms with E-state index >= 15 is 0 Å². The van der Waals surface area contributed by atoms with E-state index in [0.717, 1.165) is 103 Å². The van der Waals surface area contributed by atoms with Crippen molar-refractivity contribution in [2.45, 2.75) is 74.5 Å². The summed E-state index contributed by atoms with van der Waals surface area (Å²) < 4.78 is 37.1. The van der Waals surface area contributed by atoms with Gasteiger partial charge in [0.2, 0.25) is 0 Å². The molecule has 2 saturated carbocycles. The second-order valence-corrected chi connectivity index (χ2v) is 14.3. The van der Waals surface area contributed by atoms with Gasteiger partial charge in [-0.15, -0.1) is 0 Å². The summed E-state index contributed by atoms with van der Waals surface area (Å²) in [5.74, 6) is -6.00. The molecule has 0 radical (unpaired) electrons. The van der Waals surface area contributed by atoms with Gasteiger partial charge in [-0.1, -0.05) is 6.42 Å². The van der Waals surface area contributed by atoms with Crippen LogP contribution in [0.5, 0.6) is 0 Å². The second-order valence-electron chi connectivity index (χ2n) is 14.3. The number of carbonyl (C=O) groups excluding carboxylic acids is 4. The molecule has 3 aliphatic rings. The molecule has 1 saturated heterocycles. The summed E-state index contributed by atoms with van der Waals surface area (Å²) in [5, 5.41) is 45.4. The van der Waals surface area contributed by atoms with Crippen molar-refractivity contribution in [2.24, 2.45) is 0 Å². The van der Waals surface area contributed by atoms with E-state index in [1.807, 2.05) is 0 Å². The molecule has 7 rings (SSSR count). The van der Waals surface area contributed by atoms with E-state index in [9.17, 15) is 59.6 Å². The Morgan fingerprint density at radius 2 is 0.661 bits per heavy atom. The third-order valence-electron chi connectivity index (χ3n) is 10.5. The van der Waals surface area contributed by atoms with Crippen LogP contribution in [0.4, 0.5) is 22.7 Å². The third kappa shape index (κ3) is 8.90. The Morgan fingerprint density at radius 1 is 0.419 bits per heavy atom. The van der Waals surface area contributed by atoms with Gasteiger partial charge in [0.15, 0.2) is 30.2 Å². The van der Waals surface area contributed by atoms with Gasteiger partial charge in [0.1, 0.15) is 12.2 Å². The maximum absolute atomic E-state index is 14.0. The molecule has 0 bridgehead atoms. The lowest BCUT2D eigenvalue weighted by molar-refractivity contribution is -0.385. The number of hydrogen-bond acceptors (Lipinski definition) is 18. The molecule has 0 amide bonds. The predicted molar refractivity (Wildman–Crippen MR) is 205 cm³/mol. The zero-order chi connectivity index (χ0) is 44.3. The molecule has 4 unspecified atom stereocenters. The van der Waals surface area contributed by atoms with Gasteiger partial charge in [0.25, 0.3) is 22.7 Å². The minimum Gasteiger partial charge on any atom is -0.452 e. The van der Waals surface area contributed by atoms with E-state index in [4.69, 9.17) is 28.4 Å². The number of benzene rings is 4. The highest BCUT2D eigenvalue weighted by atomic mass is 16.8. The van der Waals surface area contributed by atoms with Crippen molar-refractivity contribution in [3.63, 3.8) is 0 Å². The van der Waals surface area contributed by atoms with E-state index in [1.165, 1.54) is 0 Å². The molecule has 4 aromatic rings. The summed E-state index contributed by atoms with van der Waals surface area (Å²) >= 11 is 0. The minimum atomic E-state index is -1.96. The molecule has 62 heavy (non-hydrogen) atoms. The molecule has 320 valence electrons. The molecule has 6 atom stereocenters. The van der Waals surface area contributed by atoms with Crippen LogP contribution in [0, 0.1) is 40.5 Å². The van der Waals surface area contributed by atoms with Crippen LogP contribution in [0.1, 0.15) is 73.5 Å². The van der Waals surface area contributed by atoms with Crippen molar-refractivity contribution < 1.29 is 67.3 Å². The van der Waals surface area contributed by atoms with Gasteiger partial charge < -0.3 is 28.4 Å². The Balaban J connectivity index is 1.35. The number of carbonyl (C=O) groups is 4. The first-order valence-corrected chi connectivity index (χ1v) is 18.8. The maximum Gasteiger partial charge on any atom is 0.338 e. The first-order chi connectivity index (χ1) is 29.6. The standard InChI is InChI=1S/C40H32N4O18/c45-36(22-4-12-26(13-5-22)41(49)50)57-30-31(58-37(46)23-6-14-27(15-7-23)42(51)52)33(60-39(48)25-10-18-29(19-11-25)44(55)56)35-34(61-40(62-35)20-2-1-3-21-40)32(30)59-38(47)24-8-16-28(17-9-24)43(53)54/h4-19,30-35H,1-3,20-21H2/t30?,31?,32-,33+,34?,35?. The van der Waals surface area contributed by atoms with E-state index in [-0.39, 0.29) is 45.0 Å². The smallest absolute Gasteiger partial charge is 0.338 e.